The molecule has 2 bridgehead atoms. The molecule has 0 radical (unpaired) electrons. The lowest BCUT2D eigenvalue weighted by molar-refractivity contribution is -0.137. The first-order valence-corrected chi connectivity index (χ1v) is 6.76. The van der Waals surface area contributed by atoms with Gasteiger partial charge < -0.3 is 5.43 Å². The van der Waals surface area contributed by atoms with E-state index in [2.05, 4.69) is 10.4 Å². The first kappa shape index (κ1) is 12.8. The van der Waals surface area contributed by atoms with Gasteiger partial charge in [-0.05, 0) is 43.9 Å². The second kappa shape index (κ2) is 4.71. The van der Waals surface area contributed by atoms with Gasteiger partial charge in [-0.1, -0.05) is 12.5 Å². The van der Waals surface area contributed by atoms with Crippen LogP contribution in [0.2, 0.25) is 0 Å². The van der Waals surface area contributed by atoms with Crippen LogP contribution in [0.1, 0.15) is 37.7 Å². The summed E-state index contributed by atoms with van der Waals surface area (Å²) in [4.78, 5) is 0. The van der Waals surface area contributed by atoms with Gasteiger partial charge >= 0.3 is 6.18 Å². The third-order valence-corrected chi connectivity index (χ3v) is 4.14. The van der Waals surface area contributed by atoms with Crippen molar-refractivity contribution in [2.24, 2.45) is 0 Å². The normalized spacial score (nSPS) is 27.5. The molecule has 2 fully saturated rings. The molecule has 0 aliphatic carbocycles. The number of hydrazine groups is 1. The molecular weight excluding hydrogens is 253 g/mol. The van der Waals surface area contributed by atoms with E-state index in [9.17, 15) is 13.2 Å². The topological polar surface area (TPSA) is 15.3 Å². The number of hydrogen-bond acceptors (Lipinski definition) is 2. The van der Waals surface area contributed by atoms with E-state index in [0.717, 1.165) is 31.7 Å². The number of benzene rings is 1. The second-order valence-corrected chi connectivity index (χ2v) is 5.41. The quantitative estimate of drug-likeness (QED) is 0.872. The van der Waals surface area contributed by atoms with Crippen molar-refractivity contribution in [3.63, 3.8) is 0 Å². The number of nitrogens with one attached hydrogen (secondary N) is 1. The zero-order valence-electron chi connectivity index (χ0n) is 10.6. The van der Waals surface area contributed by atoms with Gasteiger partial charge in [-0.15, -0.1) is 0 Å². The molecule has 1 aromatic rings. The zero-order chi connectivity index (χ0) is 13.5. The average molecular weight is 270 g/mol. The monoisotopic (exact) mass is 270 g/mol. The fourth-order valence-electron chi connectivity index (χ4n) is 3.21. The number of rotatable bonds is 2. The number of fused-ring (bicyclic) bond motifs is 2. The molecule has 2 saturated heterocycles. The standard InChI is InChI=1S/C14H17F3N2/c15-14(16,17)10-3-1-4-11(9-10)18-19-12-5-2-6-13(19)8-7-12/h1,3-4,9,12-13,18H,2,5-8H2. The Morgan fingerprint density at radius 2 is 1.74 bits per heavy atom. The summed E-state index contributed by atoms with van der Waals surface area (Å²) in [6.45, 7) is 0. The molecule has 1 aromatic carbocycles. The predicted octanol–water partition coefficient (Wildman–Crippen LogP) is 4.05. The van der Waals surface area contributed by atoms with Gasteiger partial charge in [0, 0.05) is 17.8 Å². The Kier molecular flexibility index (Phi) is 3.17. The van der Waals surface area contributed by atoms with Gasteiger partial charge in [-0.25, -0.2) is 5.01 Å². The van der Waals surface area contributed by atoms with Crippen LogP contribution in [0, 0.1) is 0 Å². The fraction of sp³-hybridized carbons (Fsp3) is 0.571. The maximum absolute atomic E-state index is 12.7. The van der Waals surface area contributed by atoms with Crippen LogP contribution >= 0.6 is 0 Å². The van der Waals surface area contributed by atoms with Crippen LogP contribution < -0.4 is 5.43 Å². The van der Waals surface area contributed by atoms with Gasteiger partial charge in [-0.3, -0.25) is 0 Å². The van der Waals surface area contributed by atoms with E-state index in [1.807, 2.05) is 0 Å². The van der Waals surface area contributed by atoms with Gasteiger partial charge in [-0.2, -0.15) is 13.2 Å². The lowest BCUT2D eigenvalue weighted by Gasteiger charge is -2.35. The number of hydrogen-bond donors (Lipinski definition) is 1. The Balaban J connectivity index is 1.77. The van der Waals surface area contributed by atoms with Crippen LogP contribution in [0.3, 0.4) is 0 Å². The number of nitrogens with zero attached hydrogens (tertiary/aromatic N) is 1. The van der Waals surface area contributed by atoms with Gasteiger partial charge in [0.2, 0.25) is 0 Å². The smallest absolute Gasteiger partial charge is 0.318 e. The van der Waals surface area contributed by atoms with E-state index >= 15 is 0 Å². The van der Waals surface area contributed by atoms with Gasteiger partial charge in [0.25, 0.3) is 0 Å². The summed E-state index contributed by atoms with van der Waals surface area (Å²) in [7, 11) is 0. The first-order chi connectivity index (χ1) is 9.04. The number of alkyl halides is 3. The molecule has 2 aliphatic heterocycles. The summed E-state index contributed by atoms with van der Waals surface area (Å²) in [5, 5.41) is 2.17. The summed E-state index contributed by atoms with van der Waals surface area (Å²) in [6.07, 6.45) is 1.53. The third-order valence-electron chi connectivity index (χ3n) is 4.14. The highest BCUT2D eigenvalue weighted by atomic mass is 19.4. The van der Waals surface area contributed by atoms with Crippen molar-refractivity contribution in [3.8, 4) is 0 Å². The fourth-order valence-corrected chi connectivity index (χ4v) is 3.21. The number of piperidine rings is 1. The minimum Gasteiger partial charge on any atom is -0.318 e. The van der Waals surface area contributed by atoms with E-state index in [4.69, 9.17) is 0 Å². The maximum atomic E-state index is 12.7. The molecule has 2 atom stereocenters. The molecule has 0 spiro atoms. The molecule has 1 N–H and O–H groups in total. The molecule has 3 rings (SSSR count). The number of anilines is 1. The van der Waals surface area contributed by atoms with Crippen molar-refractivity contribution in [2.45, 2.75) is 50.4 Å². The highest BCUT2D eigenvalue weighted by molar-refractivity contribution is 5.46. The zero-order valence-corrected chi connectivity index (χ0v) is 10.6. The van der Waals surface area contributed by atoms with E-state index in [0.29, 0.717) is 17.8 Å². The molecule has 19 heavy (non-hydrogen) atoms. The Morgan fingerprint density at radius 3 is 2.37 bits per heavy atom. The van der Waals surface area contributed by atoms with Crippen LogP contribution in [0.4, 0.5) is 18.9 Å². The summed E-state index contributed by atoms with van der Waals surface area (Å²) < 4.78 is 38.0. The van der Waals surface area contributed by atoms with Gasteiger partial charge in [0.1, 0.15) is 0 Å². The SMILES string of the molecule is FC(F)(F)c1cccc(NN2C3CCCC2CC3)c1. The van der Waals surface area contributed by atoms with Crippen molar-refractivity contribution >= 4 is 5.69 Å². The molecule has 0 amide bonds. The average Bonchev–Trinajstić information content (AvgIpc) is 2.61. The highest BCUT2D eigenvalue weighted by Gasteiger charge is 2.37. The molecule has 5 heteroatoms. The first-order valence-electron chi connectivity index (χ1n) is 6.76. The predicted molar refractivity (Wildman–Crippen MR) is 67.6 cm³/mol. The number of halogens is 3. The van der Waals surface area contributed by atoms with E-state index in [1.54, 1.807) is 6.07 Å². The summed E-state index contributed by atoms with van der Waals surface area (Å²) >= 11 is 0. The van der Waals surface area contributed by atoms with Crippen LogP contribution in [0.15, 0.2) is 24.3 Å². The Bertz CT molecular complexity index is 442. The van der Waals surface area contributed by atoms with E-state index in [-0.39, 0.29) is 0 Å². The van der Waals surface area contributed by atoms with Crippen molar-refractivity contribution < 1.29 is 13.2 Å². The summed E-state index contributed by atoms with van der Waals surface area (Å²) in [5.74, 6) is 0. The van der Waals surface area contributed by atoms with Crippen molar-refractivity contribution in [1.82, 2.24) is 5.01 Å². The van der Waals surface area contributed by atoms with Crippen LogP contribution in [-0.2, 0) is 6.18 Å². The molecular formula is C14H17F3N2. The minimum absolute atomic E-state index is 0.480. The minimum atomic E-state index is -4.28. The van der Waals surface area contributed by atoms with E-state index in [1.165, 1.54) is 18.6 Å². The lowest BCUT2D eigenvalue weighted by atomic mass is 10.1. The third kappa shape index (κ3) is 2.56. The maximum Gasteiger partial charge on any atom is 0.416 e. The largest absolute Gasteiger partial charge is 0.416 e. The molecule has 0 aromatic heterocycles. The van der Waals surface area contributed by atoms with Gasteiger partial charge in [0.05, 0.1) is 5.56 Å². The highest BCUT2D eigenvalue weighted by Crippen LogP contribution is 2.36. The van der Waals surface area contributed by atoms with Crippen molar-refractivity contribution in [1.29, 1.82) is 0 Å². The van der Waals surface area contributed by atoms with Crippen LogP contribution in [0.25, 0.3) is 0 Å². The second-order valence-electron chi connectivity index (χ2n) is 5.41. The summed E-state index contributed by atoms with van der Waals surface area (Å²) in [5.41, 5.74) is 3.13. The molecule has 2 nitrogen and oxygen atoms in total. The Hall–Kier alpha value is -1.23. The molecule has 0 saturated carbocycles. The summed E-state index contributed by atoms with van der Waals surface area (Å²) in [6, 6.07) is 6.41. The lowest BCUT2D eigenvalue weighted by Crippen LogP contribution is -2.43. The van der Waals surface area contributed by atoms with Gasteiger partial charge in [0.15, 0.2) is 0 Å². The molecule has 2 heterocycles. The Morgan fingerprint density at radius 1 is 1.05 bits per heavy atom. The van der Waals surface area contributed by atoms with Crippen molar-refractivity contribution in [2.75, 3.05) is 5.43 Å². The molecule has 104 valence electrons. The molecule has 2 aliphatic rings. The molecule has 2 unspecified atom stereocenters. The Labute approximate surface area is 110 Å². The van der Waals surface area contributed by atoms with Crippen LogP contribution in [0.5, 0.6) is 0 Å². The van der Waals surface area contributed by atoms with Crippen LogP contribution in [-0.4, -0.2) is 17.1 Å². The van der Waals surface area contributed by atoms with E-state index < -0.39 is 11.7 Å². The van der Waals surface area contributed by atoms with Crippen molar-refractivity contribution in [3.05, 3.63) is 29.8 Å².